The van der Waals surface area contributed by atoms with E-state index in [1.54, 1.807) is 0 Å². The number of anilines is 1. The molecular weight excluding hydrogens is 234 g/mol. The van der Waals surface area contributed by atoms with E-state index in [2.05, 4.69) is 42.1 Å². The van der Waals surface area contributed by atoms with Gasteiger partial charge in [-0.2, -0.15) is 0 Å². The molecule has 2 aliphatic heterocycles. The molecule has 0 spiro atoms. The number of rotatable bonds is 2. The molecule has 1 fully saturated rings. The minimum atomic E-state index is 0.516. The molecule has 2 aliphatic rings. The first kappa shape index (κ1) is 12.9. The van der Waals surface area contributed by atoms with E-state index in [9.17, 15) is 0 Å². The summed E-state index contributed by atoms with van der Waals surface area (Å²) in [5.74, 6) is 0.615. The maximum Gasteiger partial charge on any atom is 0.0396 e. The summed E-state index contributed by atoms with van der Waals surface area (Å²) in [6.45, 7) is 3.15. The average Bonchev–Trinajstić information content (AvgIpc) is 2.80. The van der Waals surface area contributed by atoms with Gasteiger partial charge in [0, 0.05) is 25.3 Å². The van der Waals surface area contributed by atoms with Gasteiger partial charge in [-0.1, -0.05) is 12.1 Å². The van der Waals surface area contributed by atoms with Crippen LogP contribution in [0, 0.1) is 5.92 Å². The van der Waals surface area contributed by atoms with Crippen LogP contribution >= 0.6 is 0 Å². The lowest BCUT2D eigenvalue weighted by atomic mass is 9.90. The van der Waals surface area contributed by atoms with Gasteiger partial charge in [0.15, 0.2) is 0 Å². The number of hydrogen-bond donors (Lipinski definition) is 1. The van der Waals surface area contributed by atoms with Gasteiger partial charge in [-0.25, -0.2) is 0 Å². The third-order valence-corrected chi connectivity index (χ3v) is 4.87. The fraction of sp³-hybridized carbons (Fsp3) is 0.625. The SMILES string of the molecule is CN1CCCc2cc(C3C(CN)CCN3C)ccc21. The van der Waals surface area contributed by atoms with Crippen LogP contribution < -0.4 is 10.6 Å². The van der Waals surface area contributed by atoms with Crippen molar-refractivity contribution in [3.05, 3.63) is 29.3 Å². The lowest BCUT2D eigenvalue weighted by Crippen LogP contribution is -2.27. The lowest BCUT2D eigenvalue weighted by molar-refractivity contribution is 0.279. The topological polar surface area (TPSA) is 32.5 Å². The van der Waals surface area contributed by atoms with Gasteiger partial charge in [0.05, 0.1) is 0 Å². The summed E-state index contributed by atoms with van der Waals surface area (Å²) in [4.78, 5) is 4.84. The van der Waals surface area contributed by atoms with Crippen LogP contribution in [0.3, 0.4) is 0 Å². The second-order valence-electron chi connectivity index (χ2n) is 6.12. The summed E-state index contributed by atoms with van der Waals surface area (Å²) >= 11 is 0. The van der Waals surface area contributed by atoms with Gasteiger partial charge < -0.3 is 10.6 Å². The number of likely N-dealkylation sites (tertiary alicyclic amines) is 1. The Kier molecular flexibility index (Phi) is 3.50. The highest BCUT2D eigenvalue weighted by Crippen LogP contribution is 2.38. The molecule has 2 N–H and O–H groups in total. The minimum Gasteiger partial charge on any atom is -0.374 e. The standard InChI is InChI=1S/C16H25N3/c1-18-8-3-4-12-10-13(5-6-15(12)18)16-14(11-17)7-9-19(16)2/h5-6,10,14,16H,3-4,7-9,11,17H2,1-2H3. The third-order valence-electron chi connectivity index (χ3n) is 4.87. The summed E-state index contributed by atoms with van der Waals surface area (Å²) < 4.78 is 0. The number of hydrogen-bond acceptors (Lipinski definition) is 3. The van der Waals surface area contributed by atoms with Crippen LogP contribution in [-0.4, -0.2) is 38.6 Å². The Morgan fingerprint density at radius 3 is 2.89 bits per heavy atom. The van der Waals surface area contributed by atoms with Gasteiger partial charge in [0.25, 0.3) is 0 Å². The molecule has 2 heterocycles. The first-order chi connectivity index (χ1) is 9.20. The number of aryl methyl sites for hydroxylation is 1. The van der Waals surface area contributed by atoms with Crippen LogP contribution in [0.2, 0.25) is 0 Å². The summed E-state index contributed by atoms with van der Waals surface area (Å²) in [6.07, 6.45) is 3.72. The fourth-order valence-corrected chi connectivity index (χ4v) is 3.79. The van der Waals surface area contributed by atoms with Crippen LogP contribution in [0.4, 0.5) is 5.69 Å². The molecule has 0 radical (unpaired) electrons. The van der Waals surface area contributed by atoms with Crippen LogP contribution in [0.5, 0.6) is 0 Å². The van der Waals surface area contributed by atoms with Crippen molar-refractivity contribution in [2.24, 2.45) is 11.7 Å². The van der Waals surface area contributed by atoms with Crippen LogP contribution in [0.1, 0.15) is 30.0 Å². The van der Waals surface area contributed by atoms with E-state index in [0.29, 0.717) is 12.0 Å². The first-order valence-electron chi connectivity index (χ1n) is 7.45. The molecule has 0 saturated carbocycles. The Balaban J connectivity index is 1.93. The smallest absolute Gasteiger partial charge is 0.0396 e. The van der Waals surface area contributed by atoms with Gasteiger partial charge in [0.2, 0.25) is 0 Å². The van der Waals surface area contributed by atoms with Gasteiger partial charge in [-0.15, -0.1) is 0 Å². The summed E-state index contributed by atoms with van der Waals surface area (Å²) in [7, 11) is 4.42. The molecule has 0 amide bonds. The summed E-state index contributed by atoms with van der Waals surface area (Å²) in [5, 5.41) is 0. The highest BCUT2D eigenvalue weighted by molar-refractivity contribution is 5.56. The molecule has 104 valence electrons. The molecule has 2 unspecified atom stereocenters. The van der Waals surface area contributed by atoms with Crippen molar-refractivity contribution in [1.29, 1.82) is 0 Å². The molecular formula is C16H25N3. The fourth-order valence-electron chi connectivity index (χ4n) is 3.79. The van der Waals surface area contributed by atoms with Crippen LogP contribution in [-0.2, 0) is 6.42 Å². The van der Waals surface area contributed by atoms with Crippen molar-refractivity contribution in [2.75, 3.05) is 38.6 Å². The quantitative estimate of drug-likeness (QED) is 0.882. The van der Waals surface area contributed by atoms with E-state index in [1.165, 1.54) is 49.2 Å². The van der Waals surface area contributed by atoms with E-state index in [4.69, 9.17) is 5.73 Å². The monoisotopic (exact) mass is 259 g/mol. The summed E-state index contributed by atoms with van der Waals surface area (Å²) in [6, 6.07) is 7.57. The van der Waals surface area contributed by atoms with E-state index in [0.717, 1.165) is 6.54 Å². The number of nitrogens with two attached hydrogens (primary N) is 1. The molecule has 19 heavy (non-hydrogen) atoms. The summed E-state index contributed by atoms with van der Waals surface area (Å²) in [5.41, 5.74) is 10.3. The van der Waals surface area contributed by atoms with Gasteiger partial charge in [0.1, 0.15) is 0 Å². The highest BCUT2D eigenvalue weighted by atomic mass is 15.2. The molecule has 2 atom stereocenters. The Morgan fingerprint density at radius 1 is 1.26 bits per heavy atom. The number of nitrogens with zero attached hydrogens (tertiary/aromatic N) is 2. The van der Waals surface area contributed by atoms with E-state index in [1.807, 2.05) is 0 Å². The molecule has 0 aliphatic carbocycles. The largest absolute Gasteiger partial charge is 0.374 e. The molecule has 0 aromatic heterocycles. The molecule has 3 heteroatoms. The van der Waals surface area contributed by atoms with E-state index < -0.39 is 0 Å². The van der Waals surface area contributed by atoms with E-state index in [-0.39, 0.29) is 0 Å². The van der Waals surface area contributed by atoms with Crippen molar-refractivity contribution < 1.29 is 0 Å². The molecule has 3 nitrogen and oxygen atoms in total. The van der Waals surface area contributed by atoms with Gasteiger partial charge >= 0.3 is 0 Å². The highest BCUT2D eigenvalue weighted by Gasteiger charge is 2.32. The Bertz CT molecular complexity index is 457. The van der Waals surface area contributed by atoms with Crippen molar-refractivity contribution >= 4 is 5.69 Å². The van der Waals surface area contributed by atoms with Crippen molar-refractivity contribution in [3.63, 3.8) is 0 Å². The maximum absolute atomic E-state index is 5.95. The maximum atomic E-state index is 5.95. The van der Waals surface area contributed by atoms with Crippen molar-refractivity contribution in [3.8, 4) is 0 Å². The third kappa shape index (κ3) is 2.26. The lowest BCUT2D eigenvalue weighted by Gasteiger charge is -2.30. The van der Waals surface area contributed by atoms with Gasteiger partial charge in [-0.05, 0) is 62.5 Å². The Labute approximate surface area is 116 Å². The zero-order chi connectivity index (χ0) is 13.4. The minimum absolute atomic E-state index is 0.516. The molecule has 1 saturated heterocycles. The molecule has 1 aromatic carbocycles. The molecule has 0 bridgehead atoms. The van der Waals surface area contributed by atoms with Crippen LogP contribution in [0.25, 0.3) is 0 Å². The second kappa shape index (κ2) is 5.14. The zero-order valence-corrected chi connectivity index (χ0v) is 12.1. The predicted molar refractivity (Wildman–Crippen MR) is 80.6 cm³/mol. The average molecular weight is 259 g/mol. The normalized spacial score (nSPS) is 27.6. The van der Waals surface area contributed by atoms with Gasteiger partial charge in [-0.3, -0.25) is 4.90 Å². The predicted octanol–water partition coefficient (Wildman–Crippen LogP) is 2.02. The first-order valence-corrected chi connectivity index (χ1v) is 7.45. The molecule has 3 rings (SSSR count). The Hall–Kier alpha value is -1.06. The number of fused-ring (bicyclic) bond motifs is 1. The van der Waals surface area contributed by atoms with Crippen LogP contribution in [0.15, 0.2) is 18.2 Å². The zero-order valence-electron chi connectivity index (χ0n) is 12.1. The van der Waals surface area contributed by atoms with E-state index >= 15 is 0 Å². The number of benzene rings is 1. The second-order valence-corrected chi connectivity index (χ2v) is 6.12. The molecule has 1 aromatic rings. The van der Waals surface area contributed by atoms with Crippen molar-refractivity contribution in [2.45, 2.75) is 25.3 Å². The van der Waals surface area contributed by atoms with Crippen molar-refractivity contribution in [1.82, 2.24) is 4.90 Å². The Morgan fingerprint density at radius 2 is 2.11 bits per heavy atom.